The van der Waals surface area contributed by atoms with Crippen molar-refractivity contribution in [3.05, 3.63) is 29.8 Å². The SMILES string of the molecule is CCCNC(C1CSc2ccccc21)C(C)(C)C. The molecule has 0 aromatic heterocycles. The van der Waals surface area contributed by atoms with Crippen LogP contribution in [-0.2, 0) is 0 Å². The van der Waals surface area contributed by atoms with Crippen LogP contribution in [0.25, 0.3) is 0 Å². The van der Waals surface area contributed by atoms with Crippen molar-refractivity contribution in [2.24, 2.45) is 5.41 Å². The van der Waals surface area contributed by atoms with Gasteiger partial charge in [-0.3, -0.25) is 0 Å². The van der Waals surface area contributed by atoms with Gasteiger partial charge in [0.15, 0.2) is 0 Å². The maximum absolute atomic E-state index is 3.78. The van der Waals surface area contributed by atoms with Gasteiger partial charge in [-0.15, -0.1) is 11.8 Å². The molecule has 0 spiro atoms. The summed E-state index contributed by atoms with van der Waals surface area (Å²) in [5.41, 5.74) is 1.85. The van der Waals surface area contributed by atoms with Crippen LogP contribution in [0.15, 0.2) is 29.2 Å². The fourth-order valence-electron chi connectivity index (χ4n) is 2.82. The van der Waals surface area contributed by atoms with Crippen LogP contribution in [0.5, 0.6) is 0 Å². The Balaban J connectivity index is 2.22. The molecule has 2 atom stereocenters. The number of benzene rings is 1. The van der Waals surface area contributed by atoms with E-state index < -0.39 is 0 Å². The van der Waals surface area contributed by atoms with E-state index in [1.165, 1.54) is 17.1 Å². The molecule has 1 nitrogen and oxygen atoms in total. The molecule has 100 valence electrons. The molecule has 0 saturated heterocycles. The number of nitrogens with one attached hydrogen (secondary N) is 1. The van der Waals surface area contributed by atoms with Crippen LogP contribution in [-0.4, -0.2) is 18.3 Å². The van der Waals surface area contributed by atoms with E-state index in [2.05, 4.69) is 57.3 Å². The minimum absolute atomic E-state index is 0.303. The van der Waals surface area contributed by atoms with E-state index in [1.54, 1.807) is 5.56 Å². The lowest BCUT2D eigenvalue weighted by Crippen LogP contribution is -2.45. The first kappa shape index (κ1) is 14.0. The number of fused-ring (bicyclic) bond motifs is 1. The van der Waals surface area contributed by atoms with Gasteiger partial charge in [0.05, 0.1) is 0 Å². The van der Waals surface area contributed by atoms with Gasteiger partial charge in [0.1, 0.15) is 0 Å². The molecule has 0 aliphatic carbocycles. The molecule has 2 heteroatoms. The number of hydrogen-bond acceptors (Lipinski definition) is 2. The highest BCUT2D eigenvalue weighted by atomic mass is 32.2. The van der Waals surface area contributed by atoms with Crippen molar-refractivity contribution in [3.63, 3.8) is 0 Å². The Morgan fingerprint density at radius 1 is 1.33 bits per heavy atom. The fraction of sp³-hybridized carbons (Fsp3) is 0.625. The summed E-state index contributed by atoms with van der Waals surface area (Å²) in [6.45, 7) is 10.4. The monoisotopic (exact) mass is 263 g/mol. The van der Waals surface area contributed by atoms with E-state index >= 15 is 0 Å². The van der Waals surface area contributed by atoms with Crippen LogP contribution in [0, 0.1) is 5.41 Å². The summed E-state index contributed by atoms with van der Waals surface area (Å²) < 4.78 is 0. The van der Waals surface area contributed by atoms with Gasteiger partial charge in [0.25, 0.3) is 0 Å². The summed E-state index contributed by atoms with van der Waals surface area (Å²) in [6, 6.07) is 9.47. The molecule has 0 fully saturated rings. The van der Waals surface area contributed by atoms with Gasteiger partial charge in [-0.2, -0.15) is 0 Å². The van der Waals surface area contributed by atoms with Crippen LogP contribution < -0.4 is 5.32 Å². The molecule has 18 heavy (non-hydrogen) atoms. The molecular weight excluding hydrogens is 238 g/mol. The maximum atomic E-state index is 3.78. The lowest BCUT2D eigenvalue weighted by atomic mass is 9.77. The van der Waals surface area contributed by atoms with Crippen molar-refractivity contribution in [2.45, 2.75) is 51.0 Å². The highest BCUT2D eigenvalue weighted by molar-refractivity contribution is 7.99. The summed E-state index contributed by atoms with van der Waals surface area (Å²) in [6.07, 6.45) is 1.20. The molecule has 2 unspecified atom stereocenters. The standard InChI is InChI=1S/C16H25NS/c1-5-10-17-15(16(2,3)4)13-11-18-14-9-7-6-8-12(13)14/h6-9,13,15,17H,5,10-11H2,1-4H3. The fourth-order valence-corrected chi connectivity index (χ4v) is 4.11. The number of rotatable bonds is 4. The molecule has 0 bridgehead atoms. The van der Waals surface area contributed by atoms with Gasteiger partial charge in [-0.25, -0.2) is 0 Å². The first-order valence-corrected chi connectivity index (χ1v) is 7.97. The molecule has 1 aliphatic heterocycles. The van der Waals surface area contributed by atoms with Gasteiger partial charge < -0.3 is 5.32 Å². The molecule has 1 aromatic rings. The molecule has 1 heterocycles. The molecule has 1 N–H and O–H groups in total. The maximum Gasteiger partial charge on any atom is 0.0193 e. The number of thioether (sulfide) groups is 1. The summed E-state index contributed by atoms with van der Waals surface area (Å²) in [5.74, 6) is 1.87. The van der Waals surface area contributed by atoms with Crippen molar-refractivity contribution < 1.29 is 0 Å². The van der Waals surface area contributed by atoms with Crippen LogP contribution in [0.1, 0.15) is 45.6 Å². The second kappa shape index (κ2) is 5.66. The zero-order chi connectivity index (χ0) is 13.2. The lowest BCUT2D eigenvalue weighted by Gasteiger charge is -2.36. The molecule has 1 aromatic carbocycles. The minimum Gasteiger partial charge on any atom is -0.313 e. The van der Waals surface area contributed by atoms with Gasteiger partial charge in [-0.05, 0) is 30.0 Å². The van der Waals surface area contributed by atoms with Crippen molar-refractivity contribution in [3.8, 4) is 0 Å². The zero-order valence-electron chi connectivity index (χ0n) is 12.0. The molecule has 0 saturated carbocycles. The van der Waals surface area contributed by atoms with Crippen LogP contribution in [0.3, 0.4) is 0 Å². The average Bonchev–Trinajstić information content (AvgIpc) is 2.72. The molecule has 1 aliphatic rings. The Kier molecular flexibility index (Phi) is 4.39. The third kappa shape index (κ3) is 2.92. The third-order valence-electron chi connectivity index (χ3n) is 3.69. The largest absolute Gasteiger partial charge is 0.313 e. The highest BCUT2D eigenvalue weighted by Gasteiger charge is 2.36. The average molecular weight is 263 g/mol. The Morgan fingerprint density at radius 2 is 2.06 bits per heavy atom. The topological polar surface area (TPSA) is 12.0 Å². The van der Waals surface area contributed by atoms with Crippen LogP contribution >= 0.6 is 11.8 Å². The number of hydrogen-bond donors (Lipinski definition) is 1. The Bertz CT molecular complexity index is 394. The Hall–Kier alpha value is -0.470. The first-order valence-electron chi connectivity index (χ1n) is 6.99. The summed E-state index contributed by atoms with van der Waals surface area (Å²) in [5, 5.41) is 3.78. The quantitative estimate of drug-likeness (QED) is 0.869. The molecule has 0 amide bonds. The van der Waals surface area contributed by atoms with E-state index in [9.17, 15) is 0 Å². The van der Waals surface area contributed by atoms with Crippen molar-refractivity contribution in [2.75, 3.05) is 12.3 Å². The van der Waals surface area contributed by atoms with Gasteiger partial charge in [-0.1, -0.05) is 45.9 Å². The second-order valence-corrected chi connectivity index (χ2v) is 7.31. The van der Waals surface area contributed by atoms with Crippen molar-refractivity contribution in [1.82, 2.24) is 5.32 Å². The van der Waals surface area contributed by atoms with Gasteiger partial charge >= 0.3 is 0 Å². The van der Waals surface area contributed by atoms with Gasteiger partial charge in [0, 0.05) is 22.6 Å². The molecule has 2 rings (SSSR count). The van der Waals surface area contributed by atoms with Crippen molar-refractivity contribution in [1.29, 1.82) is 0 Å². The van der Waals surface area contributed by atoms with Crippen molar-refractivity contribution >= 4 is 11.8 Å². The normalized spacial score (nSPS) is 20.8. The summed E-state index contributed by atoms with van der Waals surface area (Å²) >= 11 is 2.01. The Morgan fingerprint density at radius 3 is 2.72 bits per heavy atom. The second-order valence-electron chi connectivity index (χ2n) is 6.25. The predicted molar refractivity (Wildman–Crippen MR) is 81.4 cm³/mol. The van der Waals surface area contributed by atoms with E-state index in [1.807, 2.05) is 11.8 Å². The predicted octanol–water partition coefficient (Wildman–Crippen LogP) is 4.29. The van der Waals surface area contributed by atoms with Gasteiger partial charge in [0.2, 0.25) is 0 Å². The summed E-state index contributed by atoms with van der Waals surface area (Å²) in [4.78, 5) is 1.48. The molecular formula is C16H25NS. The molecule has 0 radical (unpaired) electrons. The minimum atomic E-state index is 0.303. The van der Waals surface area contributed by atoms with E-state index in [0.717, 1.165) is 6.54 Å². The van der Waals surface area contributed by atoms with E-state index in [0.29, 0.717) is 17.4 Å². The third-order valence-corrected chi connectivity index (χ3v) is 4.90. The lowest BCUT2D eigenvalue weighted by molar-refractivity contribution is 0.241. The zero-order valence-corrected chi connectivity index (χ0v) is 12.8. The van der Waals surface area contributed by atoms with E-state index in [-0.39, 0.29) is 0 Å². The summed E-state index contributed by atoms with van der Waals surface area (Å²) in [7, 11) is 0. The Labute approximate surface area is 116 Å². The van der Waals surface area contributed by atoms with Crippen LogP contribution in [0.2, 0.25) is 0 Å². The highest BCUT2D eigenvalue weighted by Crippen LogP contribution is 2.44. The first-order chi connectivity index (χ1) is 8.54. The smallest absolute Gasteiger partial charge is 0.0193 e. The van der Waals surface area contributed by atoms with E-state index in [4.69, 9.17) is 0 Å². The van der Waals surface area contributed by atoms with Crippen LogP contribution in [0.4, 0.5) is 0 Å².